The molecule has 6 nitrogen and oxygen atoms in total. The average Bonchev–Trinajstić information content (AvgIpc) is 3.44. The second-order valence-corrected chi connectivity index (χ2v) is 23.5. The first kappa shape index (κ1) is 75.6. The van der Waals surface area contributed by atoms with Crippen molar-refractivity contribution in [2.75, 3.05) is 13.2 Å². The van der Waals surface area contributed by atoms with Crippen LogP contribution in [-0.4, -0.2) is 47.4 Å². The predicted molar refractivity (Wildman–Crippen MR) is 342 cm³/mol. The maximum absolute atomic E-state index is 12.4. The van der Waals surface area contributed by atoms with Gasteiger partial charge in [0.1, 0.15) is 0 Å². The number of hydrogen-bond acceptors (Lipinski definition) is 5. The number of rotatable bonds is 64. The second kappa shape index (κ2) is 67.1. The Balaban J connectivity index is 3.36. The van der Waals surface area contributed by atoms with Gasteiger partial charge in [-0.2, -0.15) is 0 Å². The lowest BCUT2D eigenvalue weighted by Crippen LogP contribution is -2.45. The lowest BCUT2D eigenvalue weighted by Gasteiger charge is -2.20. The summed E-state index contributed by atoms with van der Waals surface area (Å²) in [6.07, 6.45) is 88.9. The molecule has 0 aliphatic heterocycles. The number of esters is 1. The number of amides is 1. The van der Waals surface area contributed by atoms with Crippen LogP contribution in [-0.2, 0) is 14.3 Å². The Morgan fingerprint density at radius 3 is 1.00 bits per heavy atom. The van der Waals surface area contributed by atoms with Gasteiger partial charge >= 0.3 is 5.97 Å². The minimum absolute atomic E-state index is 0.00843. The first-order valence-corrected chi connectivity index (χ1v) is 34.6. The molecule has 3 N–H and O–H groups in total. The number of nitrogens with one attached hydrogen (secondary N) is 1. The molecule has 0 saturated carbocycles. The van der Waals surface area contributed by atoms with Gasteiger partial charge in [0.2, 0.25) is 5.91 Å². The topological polar surface area (TPSA) is 95.9 Å². The summed E-state index contributed by atoms with van der Waals surface area (Å²) in [5.74, 6) is -0.0595. The van der Waals surface area contributed by atoms with Crippen LogP contribution in [0.15, 0.2) is 60.8 Å². The van der Waals surface area contributed by atoms with Crippen LogP contribution in [0.1, 0.15) is 361 Å². The first-order valence-electron chi connectivity index (χ1n) is 34.6. The molecule has 0 fully saturated rings. The Hall–Kier alpha value is -2.44. The number of hydrogen-bond donors (Lipinski definition) is 3. The van der Waals surface area contributed by atoms with Crippen molar-refractivity contribution in [2.24, 2.45) is 0 Å². The van der Waals surface area contributed by atoms with Gasteiger partial charge < -0.3 is 20.3 Å². The van der Waals surface area contributed by atoms with Crippen molar-refractivity contribution < 1.29 is 24.5 Å². The molecule has 0 aliphatic rings. The highest BCUT2D eigenvalue weighted by atomic mass is 16.5. The summed E-state index contributed by atoms with van der Waals surface area (Å²) in [7, 11) is 0. The van der Waals surface area contributed by atoms with Crippen molar-refractivity contribution >= 4 is 11.9 Å². The molecule has 0 rings (SSSR count). The Morgan fingerprint density at radius 2 is 0.641 bits per heavy atom. The highest BCUT2D eigenvalue weighted by Crippen LogP contribution is 2.17. The van der Waals surface area contributed by atoms with Crippen LogP contribution in [0.5, 0.6) is 0 Å². The summed E-state index contributed by atoms with van der Waals surface area (Å²) in [6.45, 7) is 4.86. The van der Waals surface area contributed by atoms with E-state index in [0.717, 1.165) is 57.8 Å². The highest BCUT2D eigenvalue weighted by Gasteiger charge is 2.18. The quantitative estimate of drug-likeness (QED) is 0.0320. The molecule has 0 heterocycles. The van der Waals surface area contributed by atoms with Crippen LogP contribution >= 0.6 is 0 Å². The molecule has 0 aromatic heterocycles. The van der Waals surface area contributed by atoms with Crippen LogP contribution in [0.25, 0.3) is 0 Å². The van der Waals surface area contributed by atoms with Crippen LogP contribution in [0.2, 0.25) is 0 Å². The first-order chi connectivity index (χ1) is 38.5. The Kier molecular flexibility index (Phi) is 65.0. The summed E-state index contributed by atoms with van der Waals surface area (Å²) in [5.41, 5.74) is 0. The van der Waals surface area contributed by atoms with Gasteiger partial charge in [0.15, 0.2) is 0 Å². The van der Waals surface area contributed by atoms with Gasteiger partial charge in [-0.05, 0) is 96.3 Å². The number of aliphatic hydroxyl groups is 2. The molecule has 1 amide bonds. The molecule has 0 spiro atoms. The largest absolute Gasteiger partial charge is 0.466 e. The zero-order chi connectivity index (χ0) is 56.4. The number of aliphatic hydroxyl groups excluding tert-OH is 2. The fourth-order valence-corrected chi connectivity index (χ4v) is 10.5. The molecule has 456 valence electrons. The van der Waals surface area contributed by atoms with Crippen LogP contribution < -0.4 is 5.32 Å². The Bertz CT molecular complexity index is 1350. The zero-order valence-corrected chi connectivity index (χ0v) is 52.1. The maximum Gasteiger partial charge on any atom is 0.305 e. The minimum atomic E-state index is -0.841. The van der Waals surface area contributed by atoms with Crippen molar-refractivity contribution in [3.8, 4) is 0 Å². The minimum Gasteiger partial charge on any atom is -0.466 e. The van der Waals surface area contributed by atoms with Crippen molar-refractivity contribution in [1.82, 2.24) is 5.32 Å². The van der Waals surface area contributed by atoms with Gasteiger partial charge in [-0.1, -0.05) is 312 Å². The number of unbranched alkanes of at least 4 members (excludes halogenated alkanes) is 45. The van der Waals surface area contributed by atoms with Crippen LogP contribution in [0.3, 0.4) is 0 Å². The summed E-state index contributed by atoms with van der Waals surface area (Å²) in [4.78, 5) is 24.5. The van der Waals surface area contributed by atoms with Crippen LogP contribution in [0, 0.1) is 0 Å². The second-order valence-electron chi connectivity index (χ2n) is 23.5. The van der Waals surface area contributed by atoms with Gasteiger partial charge in [0.05, 0.1) is 25.4 Å². The Morgan fingerprint density at radius 1 is 0.359 bits per heavy atom. The molecule has 0 aromatic carbocycles. The third kappa shape index (κ3) is 62.8. The van der Waals surface area contributed by atoms with E-state index < -0.39 is 12.1 Å². The molecule has 0 bridgehead atoms. The lowest BCUT2D eigenvalue weighted by atomic mass is 10.0. The lowest BCUT2D eigenvalue weighted by molar-refractivity contribution is -0.143. The van der Waals surface area contributed by atoms with E-state index in [9.17, 15) is 19.8 Å². The normalized spacial score (nSPS) is 12.9. The molecule has 0 saturated heterocycles. The molecule has 78 heavy (non-hydrogen) atoms. The summed E-state index contributed by atoms with van der Waals surface area (Å²) < 4.78 is 5.49. The van der Waals surface area contributed by atoms with E-state index in [1.165, 1.54) is 276 Å². The Labute approximate surface area is 486 Å². The fraction of sp³-hybridized carbons (Fsp3) is 0.833. The number of carbonyl (C=O) groups is 2. The van der Waals surface area contributed by atoms with E-state index in [0.29, 0.717) is 19.4 Å². The van der Waals surface area contributed by atoms with Gasteiger partial charge in [-0.25, -0.2) is 0 Å². The van der Waals surface area contributed by atoms with E-state index in [-0.39, 0.29) is 18.5 Å². The van der Waals surface area contributed by atoms with Gasteiger partial charge in [-0.15, -0.1) is 0 Å². The number of ether oxygens (including phenoxy) is 1. The molecule has 0 aromatic rings. The fourth-order valence-electron chi connectivity index (χ4n) is 10.5. The summed E-state index contributed by atoms with van der Waals surface area (Å²) in [5, 5.41) is 23.0. The van der Waals surface area contributed by atoms with E-state index in [1.807, 2.05) is 6.08 Å². The number of allylic oxidation sites excluding steroid dienone is 9. The van der Waals surface area contributed by atoms with Crippen LogP contribution in [0.4, 0.5) is 0 Å². The average molecular weight is 1090 g/mol. The molecule has 0 radical (unpaired) electrons. The molecule has 0 aliphatic carbocycles. The van der Waals surface area contributed by atoms with Crippen molar-refractivity contribution in [3.63, 3.8) is 0 Å². The van der Waals surface area contributed by atoms with Crippen molar-refractivity contribution in [3.05, 3.63) is 60.8 Å². The smallest absolute Gasteiger partial charge is 0.305 e. The van der Waals surface area contributed by atoms with Crippen molar-refractivity contribution in [1.29, 1.82) is 0 Å². The molecular formula is C72H133NO5. The number of carbonyl (C=O) groups excluding carboxylic acids is 2. The van der Waals surface area contributed by atoms with Gasteiger partial charge in [0, 0.05) is 12.8 Å². The predicted octanol–water partition coefficient (Wildman–Crippen LogP) is 22.3. The third-order valence-corrected chi connectivity index (χ3v) is 15.8. The standard InChI is InChI=1S/C72H133NO5/c1-3-5-7-9-11-13-14-15-16-36-40-43-46-50-54-58-62-66-72(77)78-67-63-59-55-51-47-44-41-38-35-33-31-29-27-25-23-21-19-17-18-20-22-24-26-28-30-32-34-37-39-42-45-49-53-57-61-65-71(76)73-69(68-74)70(75)64-60-56-52-48-12-10-8-6-4-2/h11,13,15-16,19,21,25,27,60,64,69-70,74-75H,3-10,12,14,17-18,20,22-24,26,28-59,61-63,65-68H2,1-2H3,(H,73,76)/b13-11-,16-15-,21-19-,27-25-,64-60+. The summed E-state index contributed by atoms with van der Waals surface area (Å²) in [6, 6.07) is -0.624. The third-order valence-electron chi connectivity index (χ3n) is 15.8. The molecule has 2 unspecified atom stereocenters. The van der Waals surface area contributed by atoms with E-state index in [4.69, 9.17) is 4.74 Å². The molecule has 6 heteroatoms. The van der Waals surface area contributed by atoms with E-state index >= 15 is 0 Å². The SMILES string of the molecule is CCCCC/C=C\C/C=C\CCCCCCCCCC(=O)OCCCCCCCCCCCCC/C=C\C/C=C\CCCCCCCCCCCCCCCCCCCC(=O)NC(CO)C(O)/C=C/CCCCCCCCC. The summed E-state index contributed by atoms with van der Waals surface area (Å²) >= 11 is 0. The molecule has 2 atom stereocenters. The maximum atomic E-state index is 12.4. The van der Waals surface area contributed by atoms with Crippen molar-refractivity contribution in [2.45, 2.75) is 373 Å². The monoisotopic (exact) mass is 1090 g/mol. The van der Waals surface area contributed by atoms with E-state index in [2.05, 4.69) is 67.8 Å². The highest BCUT2D eigenvalue weighted by molar-refractivity contribution is 5.76. The van der Waals surface area contributed by atoms with E-state index in [1.54, 1.807) is 6.08 Å². The van der Waals surface area contributed by atoms with Gasteiger partial charge in [0.25, 0.3) is 0 Å². The zero-order valence-electron chi connectivity index (χ0n) is 52.1. The molecular weight excluding hydrogens is 959 g/mol. The van der Waals surface area contributed by atoms with Gasteiger partial charge in [-0.3, -0.25) is 9.59 Å².